The molecule has 0 saturated carbocycles. The van der Waals surface area contributed by atoms with Gasteiger partial charge in [0.05, 0.1) is 17.1 Å². The SMILES string of the molecule is C1=CC2=CC3=C(C=C(c4ccc(-c5cc6nc7ccccc7cc6c6ccccc56)cc4)C4C=CC=CC34)NC2C=C1. The summed E-state index contributed by atoms with van der Waals surface area (Å²) in [5.74, 6) is 0.646. The number of para-hydroxylation sites is 1. The topological polar surface area (TPSA) is 24.9 Å². The molecule has 0 radical (unpaired) electrons. The van der Waals surface area contributed by atoms with Gasteiger partial charge in [0.25, 0.3) is 0 Å². The van der Waals surface area contributed by atoms with E-state index in [-0.39, 0.29) is 6.04 Å². The van der Waals surface area contributed by atoms with E-state index in [1.165, 1.54) is 60.7 Å². The summed E-state index contributed by atoms with van der Waals surface area (Å²) in [7, 11) is 0. The quantitative estimate of drug-likeness (QED) is 0.180. The van der Waals surface area contributed by atoms with Gasteiger partial charge in [-0.15, -0.1) is 0 Å². The van der Waals surface area contributed by atoms with Crippen LogP contribution in [-0.4, -0.2) is 11.0 Å². The molecule has 2 heteroatoms. The molecule has 1 aromatic heterocycles. The summed E-state index contributed by atoms with van der Waals surface area (Å²) in [4.78, 5) is 5.07. The molecular formula is C40H28N2. The van der Waals surface area contributed by atoms with E-state index in [1.807, 2.05) is 0 Å². The summed E-state index contributed by atoms with van der Waals surface area (Å²) in [6.45, 7) is 0. The fraction of sp³-hybridized carbons (Fsp3) is 0.0750. The maximum atomic E-state index is 5.07. The highest BCUT2D eigenvalue weighted by molar-refractivity contribution is 6.14. The van der Waals surface area contributed by atoms with E-state index in [4.69, 9.17) is 4.98 Å². The Labute approximate surface area is 245 Å². The van der Waals surface area contributed by atoms with Gasteiger partial charge in [0.2, 0.25) is 0 Å². The molecule has 3 unspecified atom stereocenters. The number of fused-ring (bicyclic) bond motifs is 7. The molecule has 3 aliphatic carbocycles. The highest BCUT2D eigenvalue weighted by Gasteiger charge is 2.34. The summed E-state index contributed by atoms with van der Waals surface area (Å²) in [6, 6.07) is 31.1. The summed E-state index contributed by atoms with van der Waals surface area (Å²) >= 11 is 0. The minimum atomic E-state index is 0.236. The lowest BCUT2D eigenvalue weighted by Gasteiger charge is -2.38. The van der Waals surface area contributed by atoms with Gasteiger partial charge in [0, 0.05) is 28.3 Å². The lowest BCUT2D eigenvalue weighted by atomic mass is 9.70. The summed E-state index contributed by atoms with van der Waals surface area (Å²) < 4.78 is 0. The van der Waals surface area contributed by atoms with E-state index in [2.05, 4.69) is 151 Å². The number of nitrogens with zero attached hydrogens (tertiary/aromatic N) is 1. The highest BCUT2D eigenvalue weighted by Crippen LogP contribution is 2.45. The number of dihydropyridines is 1. The zero-order valence-electron chi connectivity index (χ0n) is 23.0. The van der Waals surface area contributed by atoms with Crippen LogP contribution >= 0.6 is 0 Å². The molecule has 198 valence electrons. The van der Waals surface area contributed by atoms with E-state index in [0.29, 0.717) is 11.8 Å². The number of hydrogen-bond acceptors (Lipinski definition) is 2. The lowest BCUT2D eigenvalue weighted by Crippen LogP contribution is -2.36. The van der Waals surface area contributed by atoms with Crippen molar-refractivity contribution < 1.29 is 0 Å². The fourth-order valence-electron chi connectivity index (χ4n) is 7.17. The van der Waals surface area contributed by atoms with E-state index in [1.54, 1.807) is 0 Å². The van der Waals surface area contributed by atoms with Gasteiger partial charge in [-0.1, -0.05) is 121 Å². The number of nitrogens with one attached hydrogen (secondary N) is 1. The third-order valence-electron chi connectivity index (χ3n) is 9.23. The Morgan fingerprint density at radius 2 is 1.36 bits per heavy atom. The minimum Gasteiger partial charge on any atom is -0.374 e. The zero-order valence-corrected chi connectivity index (χ0v) is 23.0. The molecule has 2 nitrogen and oxygen atoms in total. The zero-order chi connectivity index (χ0) is 27.6. The molecule has 5 aromatic rings. The smallest absolute Gasteiger partial charge is 0.0722 e. The maximum absolute atomic E-state index is 5.07. The number of rotatable bonds is 2. The summed E-state index contributed by atoms with van der Waals surface area (Å²) in [5.41, 5.74) is 11.1. The Balaban J connectivity index is 1.16. The number of aromatic nitrogens is 1. The third-order valence-corrected chi connectivity index (χ3v) is 9.23. The van der Waals surface area contributed by atoms with E-state index >= 15 is 0 Å². The second-order valence-corrected chi connectivity index (χ2v) is 11.6. The van der Waals surface area contributed by atoms with Crippen molar-refractivity contribution in [1.82, 2.24) is 10.3 Å². The molecular weight excluding hydrogens is 508 g/mol. The van der Waals surface area contributed by atoms with Crippen LogP contribution in [0.1, 0.15) is 5.56 Å². The van der Waals surface area contributed by atoms with Gasteiger partial charge in [-0.3, -0.25) is 0 Å². The largest absolute Gasteiger partial charge is 0.374 e. The van der Waals surface area contributed by atoms with Gasteiger partial charge in [0.15, 0.2) is 0 Å². The average Bonchev–Trinajstić information content (AvgIpc) is 3.06. The molecule has 4 aliphatic rings. The normalized spacial score (nSPS) is 22.0. The lowest BCUT2D eigenvalue weighted by molar-refractivity contribution is 0.614. The van der Waals surface area contributed by atoms with Gasteiger partial charge in [-0.2, -0.15) is 0 Å². The minimum absolute atomic E-state index is 0.236. The van der Waals surface area contributed by atoms with Crippen molar-refractivity contribution >= 4 is 38.2 Å². The Morgan fingerprint density at radius 3 is 2.26 bits per heavy atom. The molecule has 0 saturated heterocycles. The van der Waals surface area contributed by atoms with Crippen LogP contribution in [0.25, 0.3) is 49.3 Å². The first-order chi connectivity index (χ1) is 20.8. The predicted molar refractivity (Wildman–Crippen MR) is 176 cm³/mol. The number of benzene rings is 4. The predicted octanol–water partition coefficient (Wildman–Crippen LogP) is 9.24. The van der Waals surface area contributed by atoms with Crippen molar-refractivity contribution in [1.29, 1.82) is 0 Å². The van der Waals surface area contributed by atoms with Crippen molar-refractivity contribution in [2.45, 2.75) is 6.04 Å². The van der Waals surface area contributed by atoms with E-state index in [0.717, 1.165) is 11.0 Å². The van der Waals surface area contributed by atoms with Crippen molar-refractivity contribution in [3.05, 3.63) is 168 Å². The number of pyridine rings is 1. The van der Waals surface area contributed by atoms with Crippen LogP contribution in [-0.2, 0) is 0 Å². The van der Waals surface area contributed by atoms with Crippen LogP contribution < -0.4 is 5.32 Å². The first-order valence-corrected chi connectivity index (χ1v) is 14.8. The van der Waals surface area contributed by atoms with Crippen LogP contribution in [0, 0.1) is 11.8 Å². The molecule has 4 aromatic carbocycles. The molecule has 3 atom stereocenters. The molecule has 0 spiro atoms. The van der Waals surface area contributed by atoms with Crippen LogP contribution in [0.2, 0.25) is 0 Å². The maximum Gasteiger partial charge on any atom is 0.0722 e. The monoisotopic (exact) mass is 536 g/mol. The summed E-state index contributed by atoms with van der Waals surface area (Å²) in [6.07, 6.45) is 22.6. The van der Waals surface area contributed by atoms with Crippen LogP contribution in [0.5, 0.6) is 0 Å². The van der Waals surface area contributed by atoms with Gasteiger partial charge < -0.3 is 5.32 Å². The van der Waals surface area contributed by atoms with Gasteiger partial charge in [-0.25, -0.2) is 4.98 Å². The highest BCUT2D eigenvalue weighted by atomic mass is 14.9. The van der Waals surface area contributed by atoms with Crippen molar-refractivity contribution in [3.63, 3.8) is 0 Å². The molecule has 42 heavy (non-hydrogen) atoms. The van der Waals surface area contributed by atoms with Crippen LogP contribution in [0.4, 0.5) is 0 Å². The number of allylic oxidation sites excluding steroid dienone is 10. The van der Waals surface area contributed by atoms with Crippen LogP contribution in [0.3, 0.4) is 0 Å². The molecule has 0 amide bonds. The molecule has 1 N–H and O–H groups in total. The Morgan fingerprint density at radius 1 is 0.595 bits per heavy atom. The van der Waals surface area contributed by atoms with E-state index < -0.39 is 0 Å². The Bertz CT molecular complexity index is 2170. The van der Waals surface area contributed by atoms with E-state index in [9.17, 15) is 0 Å². The van der Waals surface area contributed by atoms with Crippen molar-refractivity contribution in [2.24, 2.45) is 11.8 Å². The van der Waals surface area contributed by atoms with Gasteiger partial charge in [0.1, 0.15) is 0 Å². The van der Waals surface area contributed by atoms with Gasteiger partial charge in [-0.05, 0) is 68.5 Å². The molecule has 0 fully saturated rings. The molecule has 1 aliphatic heterocycles. The molecule has 9 rings (SSSR count). The molecule has 2 heterocycles. The average molecular weight is 537 g/mol. The van der Waals surface area contributed by atoms with Crippen molar-refractivity contribution in [2.75, 3.05) is 0 Å². The van der Waals surface area contributed by atoms with Crippen LogP contribution in [0.15, 0.2) is 163 Å². The fourth-order valence-corrected chi connectivity index (χ4v) is 7.17. The van der Waals surface area contributed by atoms with Gasteiger partial charge >= 0.3 is 0 Å². The standard InChI is InChI=1S/C40H28N2/c1-7-15-37-27(9-1)21-35-31-13-5-3-11-29(31)33(23-39(35)41-37)25-17-19-26(20-18-25)34-24-40-36(32-14-6-4-12-30(32)34)22-28-10-2-8-16-38(28)42-40/h1-24,29,31,37,41H. The second-order valence-electron chi connectivity index (χ2n) is 11.6. The Hall–Kier alpha value is -5.21. The second kappa shape index (κ2) is 9.15. The first kappa shape index (κ1) is 23.5. The van der Waals surface area contributed by atoms with Crippen molar-refractivity contribution in [3.8, 4) is 11.1 Å². The Kier molecular flexibility index (Phi) is 5.12. The first-order valence-electron chi connectivity index (χ1n) is 14.8. The third kappa shape index (κ3) is 3.62. The molecule has 0 bridgehead atoms. The number of hydrogen-bond donors (Lipinski definition) is 1. The summed E-state index contributed by atoms with van der Waals surface area (Å²) in [5, 5.41) is 8.68.